The summed E-state index contributed by atoms with van der Waals surface area (Å²) in [5, 5.41) is 13.9. The Morgan fingerprint density at radius 2 is 1.95 bits per heavy atom. The highest BCUT2D eigenvalue weighted by Crippen LogP contribution is 2.24. The summed E-state index contributed by atoms with van der Waals surface area (Å²) in [6.07, 6.45) is 5.59. The zero-order chi connectivity index (χ0) is 14.4. The molecular weight excluding hydrogens is 250 g/mol. The highest BCUT2D eigenvalue weighted by Gasteiger charge is 2.17. The maximum Gasteiger partial charge on any atom is 0.119 e. The Bertz CT molecular complexity index is 380. The third-order valence-corrected chi connectivity index (χ3v) is 3.81. The van der Waals surface area contributed by atoms with E-state index in [1.165, 1.54) is 25.7 Å². The number of rotatable bonds is 5. The van der Waals surface area contributed by atoms with Crippen molar-refractivity contribution < 1.29 is 9.84 Å². The molecule has 1 aliphatic heterocycles. The van der Waals surface area contributed by atoms with Crippen molar-refractivity contribution >= 4 is 0 Å². The van der Waals surface area contributed by atoms with Crippen LogP contribution in [0.1, 0.15) is 57.6 Å². The summed E-state index contributed by atoms with van der Waals surface area (Å²) in [5.74, 6) is 0.864. The maximum absolute atomic E-state index is 10.4. The Hall–Kier alpha value is -1.06. The van der Waals surface area contributed by atoms with E-state index in [9.17, 15) is 5.11 Å². The number of ether oxygens (including phenoxy) is 1. The summed E-state index contributed by atoms with van der Waals surface area (Å²) in [5.41, 5.74) is 0.979. The van der Waals surface area contributed by atoms with E-state index < -0.39 is 6.10 Å². The van der Waals surface area contributed by atoms with Gasteiger partial charge < -0.3 is 15.2 Å². The minimum absolute atomic E-state index is 0.181. The van der Waals surface area contributed by atoms with Crippen LogP contribution in [0.4, 0.5) is 0 Å². The predicted molar refractivity (Wildman–Crippen MR) is 82.0 cm³/mol. The molecule has 1 aromatic carbocycles. The molecule has 0 amide bonds. The Morgan fingerprint density at radius 1 is 1.20 bits per heavy atom. The van der Waals surface area contributed by atoms with Gasteiger partial charge in [0.05, 0.1) is 12.2 Å². The Morgan fingerprint density at radius 3 is 2.65 bits per heavy atom. The van der Waals surface area contributed by atoms with Gasteiger partial charge in [0.15, 0.2) is 0 Å². The molecule has 1 aromatic rings. The van der Waals surface area contributed by atoms with Crippen LogP contribution in [0.5, 0.6) is 5.75 Å². The van der Waals surface area contributed by atoms with Crippen molar-refractivity contribution in [2.45, 2.75) is 64.2 Å². The second-order valence-corrected chi connectivity index (χ2v) is 5.99. The predicted octanol–water partition coefficient (Wildman–Crippen LogP) is 3.43. The van der Waals surface area contributed by atoms with Crippen molar-refractivity contribution in [3.63, 3.8) is 0 Å². The van der Waals surface area contributed by atoms with E-state index >= 15 is 0 Å². The summed E-state index contributed by atoms with van der Waals surface area (Å²) < 4.78 is 5.62. The number of aliphatic hydroxyl groups is 1. The van der Waals surface area contributed by atoms with Crippen molar-refractivity contribution in [2.24, 2.45) is 0 Å². The molecule has 3 nitrogen and oxygen atoms in total. The van der Waals surface area contributed by atoms with Gasteiger partial charge in [0.2, 0.25) is 0 Å². The van der Waals surface area contributed by atoms with Gasteiger partial charge in [0, 0.05) is 6.04 Å². The van der Waals surface area contributed by atoms with Crippen LogP contribution < -0.4 is 10.1 Å². The first-order valence-corrected chi connectivity index (χ1v) is 7.83. The minimum Gasteiger partial charge on any atom is -0.491 e. The molecule has 1 heterocycles. The average Bonchev–Trinajstić information content (AvgIpc) is 2.67. The Balaban J connectivity index is 1.89. The maximum atomic E-state index is 10.4. The first-order chi connectivity index (χ1) is 9.65. The monoisotopic (exact) mass is 277 g/mol. The minimum atomic E-state index is -0.390. The van der Waals surface area contributed by atoms with Gasteiger partial charge in [-0.3, -0.25) is 0 Å². The van der Waals surface area contributed by atoms with Crippen LogP contribution in [-0.2, 0) is 0 Å². The third kappa shape index (κ3) is 4.80. The molecule has 112 valence electrons. The molecule has 1 fully saturated rings. The third-order valence-electron chi connectivity index (χ3n) is 3.81. The first-order valence-electron chi connectivity index (χ1n) is 7.83. The van der Waals surface area contributed by atoms with Crippen molar-refractivity contribution in [2.75, 3.05) is 6.54 Å². The standard InChI is InChI=1S/C17H27NO2/c1-13(2)20-16-9-7-14(8-10-16)17(19)12-15-6-4-3-5-11-18-15/h7-10,13,15,17-19H,3-6,11-12H2,1-2H3. The van der Waals surface area contributed by atoms with E-state index in [-0.39, 0.29) is 6.10 Å². The lowest BCUT2D eigenvalue weighted by Crippen LogP contribution is -2.29. The summed E-state index contributed by atoms with van der Waals surface area (Å²) >= 11 is 0. The normalized spacial score (nSPS) is 21.5. The fourth-order valence-corrected chi connectivity index (χ4v) is 2.75. The lowest BCUT2D eigenvalue weighted by atomic mass is 9.99. The first kappa shape index (κ1) is 15.3. The van der Waals surface area contributed by atoms with Crippen LogP contribution in [0.3, 0.4) is 0 Å². The molecular formula is C17H27NO2. The molecule has 0 radical (unpaired) electrons. The van der Waals surface area contributed by atoms with E-state index in [1.807, 2.05) is 38.1 Å². The number of hydrogen-bond donors (Lipinski definition) is 2. The van der Waals surface area contributed by atoms with Crippen molar-refractivity contribution in [1.82, 2.24) is 5.32 Å². The molecule has 0 aromatic heterocycles. The van der Waals surface area contributed by atoms with Crippen LogP contribution in [0, 0.1) is 0 Å². The molecule has 1 aliphatic rings. The van der Waals surface area contributed by atoms with Crippen LogP contribution >= 0.6 is 0 Å². The average molecular weight is 277 g/mol. The topological polar surface area (TPSA) is 41.5 Å². The Labute approximate surface area is 122 Å². The van der Waals surface area contributed by atoms with Gasteiger partial charge >= 0.3 is 0 Å². The summed E-state index contributed by atoms with van der Waals surface area (Å²) in [7, 11) is 0. The second kappa shape index (κ2) is 7.65. The molecule has 2 rings (SSSR count). The summed E-state index contributed by atoms with van der Waals surface area (Å²) in [6, 6.07) is 8.27. The Kier molecular flexibility index (Phi) is 5.86. The highest BCUT2D eigenvalue weighted by molar-refractivity contribution is 5.28. The molecule has 0 spiro atoms. The van der Waals surface area contributed by atoms with Crippen molar-refractivity contribution in [3.8, 4) is 5.75 Å². The molecule has 2 N–H and O–H groups in total. The van der Waals surface area contributed by atoms with Gasteiger partial charge in [-0.1, -0.05) is 25.0 Å². The number of aliphatic hydroxyl groups excluding tert-OH is 1. The van der Waals surface area contributed by atoms with E-state index in [1.54, 1.807) is 0 Å². The number of benzene rings is 1. The van der Waals surface area contributed by atoms with Crippen LogP contribution in [-0.4, -0.2) is 23.8 Å². The molecule has 2 atom stereocenters. The lowest BCUT2D eigenvalue weighted by Gasteiger charge is -2.20. The molecule has 3 heteroatoms. The van der Waals surface area contributed by atoms with E-state index in [2.05, 4.69) is 5.32 Å². The molecule has 20 heavy (non-hydrogen) atoms. The SMILES string of the molecule is CC(C)Oc1ccc(C(O)CC2CCCCCN2)cc1. The highest BCUT2D eigenvalue weighted by atomic mass is 16.5. The largest absolute Gasteiger partial charge is 0.491 e. The van der Waals surface area contributed by atoms with Gasteiger partial charge in [-0.05, 0) is 57.4 Å². The van der Waals surface area contributed by atoms with E-state index in [0.717, 1.165) is 24.3 Å². The quantitative estimate of drug-likeness (QED) is 0.866. The number of nitrogens with one attached hydrogen (secondary N) is 1. The van der Waals surface area contributed by atoms with Gasteiger partial charge in [0.1, 0.15) is 5.75 Å². The van der Waals surface area contributed by atoms with Crippen molar-refractivity contribution in [1.29, 1.82) is 0 Å². The molecule has 0 aliphatic carbocycles. The molecule has 1 saturated heterocycles. The summed E-state index contributed by atoms with van der Waals surface area (Å²) in [4.78, 5) is 0. The second-order valence-electron chi connectivity index (χ2n) is 5.99. The van der Waals surface area contributed by atoms with E-state index in [0.29, 0.717) is 6.04 Å². The van der Waals surface area contributed by atoms with Crippen LogP contribution in [0.15, 0.2) is 24.3 Å². The molecule has 0 bridgehead atoms. The fourth-order valence-electron chi connectivity index (χ4n) is 2.75. The van der Waals surface area contributed by atoms with E-state index in [4.69, 9.17) is 4.74 Å². The van der Waals surface area contributed by atoms with Crippen molar-refractivity contribution in [3.05, 3.63) is 29.8 Å². The smallest absolute Gasteiger partial charge is 0.119 e. The zero-order valence-electron chi connectivity index (χ0n) is 12.6. The van der Waals surface area contributed by atoms with Gasteiger partial charge in [0.25, 0.3) is 0 Å². The zero-order valence-corrected chi connectivity index (χ0v) is 12.6. The van der Waals surface area contributed by atoms with Gasteiger partial charge in [-0.2, -0.15) is 0 Å². The molecule has 0 saturated carbocycles. The summed E-state index contributed by atoms with van der Waals surface area (Å²) in [6.45, 7) is 5.11. The van der Waals surface area contributed by atoms with Crippen LogP contribution in [0.25, 0.3) is 0 Å². The fraction of sp³-hybridized carbons (Fsp3) is 0.647. The van der Waals surface area contributed by atoms with Crippen LogP contribution in [0.2, 0.25) is 0 Å². The van der Waals surface area contributed by atoms with Gasteiger partial charge in [-0.25, -0.2) is 0 Å². The number of hydrogen-bond acceptors (Lipinski definition) is 3. The van der Waals surface area contributed by atoms with Gasteiger partial charge in [-0.15, -0.1) is 0 Å². The lowest BCUT2D eigenvalue weighted by molar-refractivity contribution is 0.150. The molecule has 2 unspecified atom stereocenters.